The molecular weight excluding hydrogens is 352 g/mol. The Kier molecular flexibility index (Phi) is 6.77. The van der Waals surface area contributed by atoms with Gasteiger partial charge in [0.15, 0.2) is 11.5 Å². The summed E-state index contributed by atoms with van der Waals surface area (Å²) in [4.78, 5) is 11.9. The Hall–Kier alpha value is -2.60. The van der Waals surface area contributed by atoms with Crippen LogP contribution in [-0.2, 0) is 11.3 Å². The Morgan fingerprint density at radius 2 is 2.00 bits per heavy atom. The molecule has 0 aromatic heterocycles. The molecule has 0 aliphatic heterocycles. The second-order valence-electron chi connectivity index (χ2n) is 4.94. The molecule has 0 unspecified atom stereocenters. The lowest BCUT2D eigenvalue weighted by Crippen LogP contribution is -2.20. The first-order valence-electron chi connectivity index (χ1n) is 7.31. The number of carbonyl (C=O) groups excluding carboxylic acids is 1. The molecule has 132 valence electrons. The second-order valence-corrected chi connectivity index (χ2v) is 5.34. The van der Waals surface area contributed by atoms with Gasteiger partial charge in [-0.1, -0.05) is 35.9 Å². The molecule has 0 fully saturated rings. The highest BCUT2D eigenvalue weighted by Gasteiger charge is 2.11. The van der Waals surface area contributed by atoms with E-state index in [9.17, 15) is 13.6 Å². The van der Waals surface area contributed by atoms with E-state index in [1.807, 2.05) is 6.07 Å². The van der Waals surface area contributed by atoms with Gasteiger partial charge in [-0.15, -0.1) is 0 Å². The molecule has 2 aromatic carbocycles. The van der Waals surface area contributed by atoms with E-state index in [4.69, 9.17) is 16.3 Å². The van der Waals surface area contributed by atoms with E-state index < -0.39 is 6.61 Å². The van der Waals surface area contributed by atoms with E-state index in [2.05, 4.69) is 10.1 Å². The highest BCUT2D eigenvalue weighted by molar-refractivity contribution is 6.32. The molecule has 4 nitrogen and oxygen atoms in total. The van der Waals surface area contributed by atoms with Crippen LogP contribution in [-0.4, -0.2) is 19.6 Å². The summed E-state index contributed by atoms with van der Waals surface area (Å²) in [7, 11) is 1.35. The maximum absolute atomic E-state index is 12.3. The van der Waals surface area contributed by atoms with Crippen LogP contribution in [0.3, 0.4) is 0 Å². The zero-order chi connectivity index (χ0) is 18.2. The highest BCUT2D eigenvalue weighted by Crippen LogP contribution is 2.29. The first-order chi connectivity index (χ1) is 12.0. The van der Waals surface area contributed by atoms with Crippen molar-refractivity contribution in [1.29, 1.82) is 0 Å². The third-order valence-corrected chi connectivity index (χ3v) is 3.57. The lowest BCUT2D eigenvalue weighted by atomic mass is 10.2. The number of nitrogens with one attached hydrogen (secondary N) is 1. The SMILES string of the molecule is COc1cc(CNC(=O)/C=C/c2ccccc2Cl)ccc1OC(F)F. The molecule has 2 aromatic rings. The summed E-state index contributed by atoms with van der Waals surface area (Å²) in [6, 6.07) is 11.6. The van der Waals surface area contributed by atoms with Gasteiger partial charge in [-0.2, -0.15) is 8.78 Å². The summed E-state index contributed by atoms with van der Waals surface area (Å²) >= 11 is 6.00. The summed E-state index contributed by atoms with van der Waals surface area (Å²) in [5.74, 6) is -0.211. The third kappa shape index (κ3) is 5.76. The zero-order valence-corrected chi connectivity index (χ0v) is 14.1. The van der Waals surface area contributed by atoms with E-state index in [1.54, 1.807) is 30.3 Å². The Bertz CT molecular complexity index is 766. The molecule has 2 rings (SSSR count). The lowest BCUT2D eigenvalue weighted by molar-refractivity contribution is -0.116. The number of methoxy groups -OCH3 is 1. The molecular formula is C18H16ClF2NO3. The van der Waals surface area contributed by atoms with Crippen molar-refractivity contribution in [3.05, 3.63) is 64.7 Å². The number of carbonyl (C=O) groups is 1. The van der Waals surface area contributed by atoms with Gasteiger partial charge in [-0.05, 0) is 35.4 Å². The maximum Gasteiger partial charge on any atom is 0.387 e. The number of alkyl halides is 2. The van der Waals surface area contributed by atoms with Gasteiger partial charge in [-0.25, -0.2) is 0 Å². The van der Waals surface area contributed by atoms with Gasteiger partial charge < -0.3 is 14.8 Å². The van der Waals surface area contributed by atoms with Crippen LogP contribution in [0.25, 0.3) is 6.08 Å². The van der Waals surface area contributed by atoms with Crippen molar-refractivity contribution in [2.45, 2.75) is 13.2 Å². The molecule has 0 saturated carbocycles. The first kappa shape index (κ1) is 18.7. The quantitative estimate of drug-likeness (QED) is 0.743. The molecule has 0 saturated heterocycles. The number of ether oxygens (including phenoxy) is 2. The molecule has 0 atom stereocenters. The van der Waals surface area contributed by atoms with E-state index in [-0.39, 0.29) is 24.0 Å². The minimum Gasteiger partial charge on any atom is -0.493 e. The number of hydrogen-bond donors (Lipinski definition) is 1. The fourth-order valence-electron chi connectivity index (χ4n) is 2.04. The standard InChI is InChI=1S/C18H16ClF2NO3/c1-24-16-10-12(6-8-15(16)25-18(20)21)11-22-17(23)9-7-13-4-2-3-5-14(13)19/h2-10,18H,11H2,1H3,(H,22,23)/b9-7+. The van der Waals surface area contributed by atoms with Gasteiger partial charge in [0.25, 0.3) is 0 Å². The second kappa shape index (κ2) is 9.03. The van der Waals surface area contributed by atoms with Crippen molar-refractivity contribution in [3.63, 3.8) is 0 Å². The number of rotatable bonds is 7. The lowest BCUT2D eigenvalue weighted by Gasteiger charge is -2.11. The van der Waals surface area contributed by atoms with Crippen molar-refractivity contribution < 1.29 is 23.0 Å². The topological polar surface area (TPSA) is 47.6 Å². The molecule has 0 heterocycles. The molecule has 0 aliphatic rings. The van der Waals surface area contributed by atoms with Gasteiger partial charge in [0.1, 0.15) is 0 Å². The number of benzene rings is 2. The summed E-state index contributed by atoms with van der Waals surface area (Å²) in [6.07, 6.45) is 2.98. The molecule has 25 heavy (non-hydrogen) atoms. The van der Waals surface area contributed by atoms with Crippen molar-refractivity contribution in [2.24, 2.45) is 0 Å². The predicted octanol–water partition coefficient (Wildman–Crippen LogP) is 4.28. The van der Waals surface area contributed by atoms with Gasteiger partial charge in [0, 0.05) is 17.6 Å². The summed E-state index contributed by atoms with van der Waals surface area (Å²) in [6.45, 7) is -2.73. The summed E-state index contributed by atoms with van der Waals surface area (Å²) < 4.78 is 33.9. The molecule has 7 heteroatoms. The average Bonchev–Trinajstić information content (AvgIpc) is 2.59. The average molecular weight is 368 g/mol. The smallest absolute Gasteiger partial charge is 0.387 e. The van der Waals surface area contributed by atoms with Gasteiger partial charge >= 0.3 is 6.61 Å². The zero-order valence-electron chi connectivity index (χ0n) is 13.3. The van der Waals surface area contributed by atoms with Crippen LogP contribution in [0.5, 0.6) is 11.5 Å². The van der Waals surface area contributed by atoms with Crippen molar-refractivity contribution in [3.8, 4) is 11.5 Å². The first-order valence-corrected chi connectivity index (χ1v) is 7.69. The van der Waals surface area contributed by atoms with Crippen molar-refractivity contribution in [2.75, 3.05) is 7.11 Å². The predicted molar refractivity (Wildman–Crippen MR) is 92.0 cm³/mol. The Morgan fingerprint density at radius 3 is 2.68 bits per heavy atom. The number of halogens is 3. The van der Waals surface area contributed by atoms with Crippen LogP contribution in [0, 0.1) is 0 Å². The van der Waals surface area contributed by atoms with E-state index in [0.717, 1.165) is 5.56 Å². The Balaban J connectivity index is 1.96. The Morgan fingerprint density at radius 1 is 1.24 bits per heavy atom. The van der Waals surface area contributed by atoms with Crippen LogP contribution in [0.1, 0.15) is 11.1 Å². The van der Waals surface area contributed by atoms with E-state index in [1.165, 1.54) is 25.3 Å². The van der Waals surface area contributed by atoms with Crippen molar-refractivity contribution in [1.82, 2.24) is 5.32 Å². The highest BCUT2D eigenvalue weighted by atomic mass is 35.5. The normalized spacial score (nSPS) is 10.9. The van der Waals surface area contributed by atoms with E-state index >= 15 is 0 Å². The van der Waals surface area contributed by atoms with Crippen LogP contribution < -0.4 is 14.8 Å². The monoisotopic (exact) mass is 367 g/mol. The molecule has 0 spiro atoms. The summed E-state index contributed by atoms with van der Waals surface area (Å²) in [5.41, 5.74) is 1.41. The molecule has 0 bridgehead atoms. The van der Waals surface area contributed by atoms with Crippen LogP contribution in [0.4, 0.5) is 8.78 Å². The fraction of sp³-hybridized carbons (Fsp3) is 0.167. The van der Waals surface area contributed by atoms with Gasteiger partial charge in [0.2, 0.25) is 5.91 Å². The van der Waals surface area contributed by atoms with Gasteiger partial charge in [-0.3, -0.25) is 4.79 Å². The minimum atomic E-state index is -2.94. The van der Waals surface area contributed by atoms with Gasteiger partial charge in [0.05, 0.1) is 7.11 Å². The fourth-order valence-corrected chi connectivity index (χ4v) is 2.24. The van der Waals surface area contributed by atoms with Crippen LogP contribution in [0.15, 0.2) is 48.5 Å². The maximum atomic E-state index is 12.3. The van der Waals surface area contributed by atoms with E-state index in [0.29, 0.717) is 10.6 Å². The molecule has 0 aliphatic carbocycles. The molecule has 1 amide bonds. The minimum absolute atomic E-state index is 0.0637. The largest absolute Gasteiger partial charge is 0.493 e. The van der Waals surface area contributed by atoms with Crippen LogP contribution in [0.2, 0.25) is 5.02 Å². The third-order valence-electron chi connectivity index (χ3n) is 3.23. The summed E-state index contributed by atoms with van der Waals surface area (Å²) in [5, 5.41) is 3.23. The molecule has 0 radical (unpaired) electrons. The van der Waals surface area contributed by atoms with Crippen molar-refractivity contribution >= 4 is 23.6 Å². The molecule has 1 N–H and O–H groups in total. The number of amides is 1. The number of hydrogen-bond acceptors (Lipinski definition) is 3. The Labute approximate surface area is 149 Å². The van der Waals surface area contributed by atoms with Crippen LogP contribution >= 0.6 is 11.6 Å².